The molecule has 3 rings (SSSR count). The van der Waals surface area contributed by atoms with Gasteiger partial charge >= 0.3 is 0 Å². The number of rotatable bonds is 8. The maximum Gasteiger partial charge on any atom is 0.255 e. The molecule has 0 spiro atoms. The van der Waals surface area contributed by atoms with Crippen molar-refractivity contribution in [2.24, 2.45) is 5.10 Å². The summed E-state index contributed by atoms with van der Waals surface area (Å²) in [7, 11) is -3.95. The lowest BCUT2D eigenvalue weighted by molar-refractivity contribution is -0.121. The zero-order valence-electron chi connectivity index (χ0n) is 17.2. The first-order valence-corrected chi connectivity index (χ1v) is 12.2. The molecule has 6 nitrogen and oxygen atoms in total. The molecule has 0 bridgehead atoms. The van der Waals surface area contributed by atoms with E-state index in [1.807, 2.05) is 55.5 Å². The first-order valence-electron chi connectivity index (χ1n) is 9.63. The lowest BCUT2D eigenvalue weighted by Gasteiger charge is -2.21. The molecule has 166 valence electrons. The minimum absolute atomic E-state index is 0.0371. The van der Waals surface area contributed by atoms with Gasteiger partial charge in [0, 0.05) is 16.0 Å². The van der Waals surface area contributed by atoms with Gasteiger partial charge in [-0.05, 0) is 54.4 Å². The topological polar surface area (TPSA) is 78.8 Å². The van der Waals surface area contributed by atoms with E-state index in [4.69, 9.17) is 11.6 Å². The van der Waals surface area contributed by atoms with Crippen LogP contribution >= 0.6 is 27.5 Å². The molecule has 3 aromatic carbocycles. The van der Waals surface area contributed by atoms with Crippen LogP contribution < -0.4 is 5.43 Å². The van der Waals surface area contributed by atoms with Crippen LogP contribution in [-0.4, -0.2) is 31.4 Å². The highest BCUT2D eigenvalue weighted by Gasteiger charge is 2.27. The third-order valence-corrected chi connectivity index (χ3v) is 7.02. The van der Waals surface area contributed by atoms with E-state index in [1.165, 1.54) is 30.5 Å². The van der Waals surface area contributed by atoms with Crippen molar-refractivity contribution in [1.29, 1.82) is 0 Å². The number of carbonyl (C=O) groups excluding carboxylic acids is 1. The van der Waals surface area contributed by atoms with E-state index in [-0.39, 0.29) is 11.4 Å². The fourth-order valence-electron chi connectivity index (χ4n) is 2.96. The SMILES string of the molecule is Cc1cccc(CN(CC(=O)N/N=C\c2cccc(Br)c2)S(=O)(=O)c2ccc(Cl)cc2)c1. The maximum atomic E-state index is 13.3. The van der Waals surface area contributed by atoms with Crippen LogP contribution in [0.3, 0.4) is 0 Å². The zero-order chi connectivity index (χ0) is 23.1. The number of nitrogens with zero attached hydrogens (tertiary/aromatic N) is 2. The van der Waals surface area contributed by atoms with Gasteiger partial charge in [-0.15, -0.1) is 0 Å². The van der Waals surface area contributed by atoms with Gasteiger partial charge in [0.2, 0.25) is 10.0 Å². The Bertz CT molecular complexity index is 1230. The Kier molecular flexibility index (Phi) is 8.20. The lowest BCUT2D eigenvalue weighted by atomic mass is 10.1. The molecule has 0 saturated carbocycles. The van der Waals surface area contributed by atoms with Crippen molar-refractivity contribution >= 4 is 49.7 Å². The molecule has 0 aliphatic carbocycles. The molecule has 0 fully saturated rings. The van der Waals surface area contributed by atoms with Crippen molar-refractivity contribution in [2.75, 3.05) is 6.54 Å². The number of hydrazone groups is 1. The summed E-state index contributed by atoms with van der Waals surface area (Å²) in [5, 5.41) is 4.36. The van der Waals surface area contributed by atoms with Crippen molar-refractivity contribution in [3.05, 3.63) is 99.0 Å². The van der Waals surface area contributed by atoms with E-state index < -0.39 is 22.5 Å². The van der Waals surface area contributed by atoms with Gasteiger partial charge in [-0.25, -0.2) is 13.8 Å². The second-order valence-corrected chi connectivity index (χ2v) is 10.4. The van der Waals surface area contributed by atoms with E-state index in [1.54, 1.807) is 0 Å². The number of aryl methyl sites for hydroxylation is 1. The van der Waals surface area contributed by atoms with E-state index in [9.17, 15) is 13.2 Å². The van der Waals surface area contributed by atoms with Gasteiger partial charge in [0.05, 0.1) is 17.7 Å². The molecule has 0 radical (unpaired) electrons. The Labute approximate surface area is 201 Å². The fraction of sp³-hybridized carbons (Fsp3) is 0.130. The summed E-state index contributed by atoms with van der Waals surface area (Å²) < 4.78 is 28.5. The molecule has 1 N–H and O–H groups in total. The van der Waals surface area contributed by atoms with Crippen molar-refractivity contribution in [3.8, 4) is 0 Å². The number of benzene rings is 3. The van der Waals surface area contributed by atoms with Crippen LogP contribution in [0.2, 0.25) is 5.02 Å². The Morgan fingerprint density at radius 3 is 2.50 bits per heavy atom. The minimum Gasteiger partial charge on any atom is -0.272 e. The third-order valence-electron chi connectivity index (χ3n) is 4.46. The quantitative estimate of drug-likeness (QED) is 0.335. The van der Waals surface area contributed by atoms with Crippen LogP contribution in [0.15, 0.2) is 87.3 Å². The minimum atomic E-state index is -3.95. The summed E-state index contributed by atoms with van der Waals surface area (Å²) in [6.45, 7) is 1.56. The number of nitrogens with one attached hydrogen (secondary N) is 1. The van der Waals surface area contributed by atoms with Gasteiger partial charge in [0.25, 0.3) is 5.91 Å². The smallest absolute Gasteiger partial charge is 0.255 e. The second-order valence-electron chi connectivity index (χ2n) is 7.06. The summed E-state index contributed by atoms with van der Waals surface area (Å²) in [4.78, 5) is 12.6. The second kappa shape index (κ2) is 10.9. The Hall–Kier alpha value is -2.52. The summed E-state index contributed by atoms with van der Waals surface area (Å²) >= 11 is 9.27. The predicted octanol–water partition coefficient (Wildman–Crippen LogP) is 4.75. The Balaban J connectivity index is 1.80. The highest BCUT2D eigenvalue weighted by atomic mass is 79.9. The highest BCUT2D eigenvalue weighted by molar-refractivity contribution is 9.10. The van der Waals surface area contributed by atoms with E-state index >= 15 is 0 Å². The van der Waals surface area contributed by atoms with Crippen molar-refractivity contribution in [3.63, 3.8) is 0 Å². The molecule has 0 heterocycles. The van der Waals surface area contributed by atoms with Crippen molar-refractivity contribution < 1.29 is 13.2 Å². The standard InChI is InChI=1S/C23H21BrClN3O3S/c1-17-4-2-6-19(12-17)15-28(32(30,31)22-10-8-21(25)9-11-22)16-23(29)27-26-14-18-5-3-7-20(24)13-18/h2-14H,15-16H2,1H3,(H,27,29)/b26-14-. The van der Waals surface area contributed by atoms with E-state index in [2.05, 4.69) is 26.5 Å². The van der Waals surface area contributed by atoms with Gasteiger partial charge in [0.1, 0.15) is 0 Å². The average molecular weight is 535 g/mol. The van der Waals surface area contributed by atoms with Crippen LogP contribution in [0.4, 0.5) is 0 Å². The van der Waals surface area contributed by atoms with E-state index in [0.29, 0.717) is 5.02 Å². The number of halogens is 2. The molecule has 0 aliphatic heterocycles. The van der Waals surface area contributed by atoms with Crippen molar-refractivity contribution in [1.82, 2.24) is 9.73 Å². The number of hydrogen-bond donors (Lipinski definition) is 1. The first-order chi connectivity index (χ1) is 15.2. The highest BCUT2D eigenvalue weighted by Crippen LogP contribution is 2.21. The summed E-state index contributed by atoms with van der Waals surface area (Å²) in [5.74, 6) is -0.554. The fourth-order valence-corrected chi connectivity index (χ4v) is 4.88. The molecule has 0 aliphatic rings. The number of carbonyl (C=O) groups is 1. The van der Waals surface area contributed by atoms with Gasteiger partial charge in [-0.1, -0.05) is 69.5 Å². The molecule has 3 aromatic rings. The summed E-state index contributed by atoms with van der Waals surface area (Å²) in [5.41, 5.74) is 4.95. The summed E-state index contributed by atoms with van der Waals surface area (Å²) in [6, 6.07) is 20.7. The molecule has 0 unspecified atom stereocenters. The molecule has 0 saturated heterocycles. The van der Waals surface area contributed by atoms with E-state index in [0.717, 1.165) is 25.5 Å². The number of amides is 1. The predicted molar refractivity (Wildman–Crippen MR) is 130 cm³/mol. The van der Waals surface area contributed by atoms with Gasteiger partial charge < -0.3 is 0 Å². The Morgan fingerprint density at radius 2 is 1.81 bits per heavy atom. The third kappa shape index (κ3) is 6.74. The van der Waals surface area contributed by atoms with Crippen LogP contribution in [0, 0.1) is 6.92 Å². The molecule has 9 heteroatoms. The van der Waals surface area contributed by atoms with Gasteiger partial charge in [-0.3, -0.25) is 4.79 Å². The zero-order valence-corrected chi connectivity index (χ0v) is 20.4. The number of sulfonamides is 1. The van der Waals surface area contributed by atoms with Gasteiger partial charge in [-0.2, -0.15) is 9.41 Å². The van der Waals surface area contributed by atoms with Crippen LogP contribution in [0.1, 0.15) is 16.7 Å². The molecule has 0 aromatic heterocycles. The van der Waals surface area contributed by atoms with Crippen LogP contribution in [-0.2, 0) is 21.4 Å². The molecular formula is C23H21BrClN3O3S. The Morgan fingerprint density at radius 1 is 1.09 bits per heavy atom. The van der Waals surface area contributed by atoms with Crippen molar-refractivity contribution in [2.45, 2.75) is 18.4 Å². The molecule has 32 heavy (non-hydrogen) atoms. The molecule has 0 atom stereocenters. The average Bonchev–Trinajstić information content (AvgIpc) is 2.74. The lowest BCUT2D eigenvalue weighted by Crippen LogP contribution is -2.39. The maximum absolute atomic E-state index is 13.3. The molecule has 1 amide bonds. The van der Waals surface area contributed by atoms with Gasteiger partial charge in [0.15, 0.2) is 0 Å². The molecular weight excluding hydrogens is 514 g/mol. The summed E-state index contributed by atoms with van der Waals surface area (Å²) in [6.07, 6.45) is 1.49. The largest absolute Gasteiger partial charge is 0.272 e. The monoisotopic (exact) mass is 533 g/mol. The first kappa shape index (κ1) is 24.1. The normalized spacial score (nSPS) is 11.8. The van der Waals surface area contributed by atoms with Crippen LogP contribution in [0.25, 0.3) is 0 Å². The number of hydrogen-bond acceptors (Lipinski definition) is 4. The van der Waals surface area contributed by atoms with Crippen LogP contribution in [0.5, 0.6) is 0 Å².